The minimum Gasteiger partial charge on any atom is -0.480 e. The molecule has 6 heteroatoms. The molecule has 178 valence electrons. The summed E-state index contributed by atoms with van der Waals surface area (Å²) in [6.07, 6.45) is 0.919. The number of aliphatic carboxylic acids is 1. The van der Waals surface area contributed by atoms with E-state index in [9.17, 15) is 9.59 Å². The van der Waals surface area contributed by atoms with Crippen molar-refractivity contribution >= 4 is 29.2 Å². The zero-order valence-corrected chi connectivity index (χ0v) is 21.0. The Kier molecular flexibility index (Phi) is 8.00. The van der Waals surface area contributed by atoms with Crippen LogP contribution in [0.3, 0.4) is 0 Å². The van der Waals surface area contributed by atoms with Crippen molar-refractivity contribution in [1.29, 1.82) is 0 Å². The predicted molar refractivity (Wildman–Crippen MR) is 139 cm³/mol. The number of aryl methyl sites for hydroxylation is 3. The van der Waals surface area contributed by atoms with Gasteiger partial charge in [0.2, 0.25) is 0 Å². The van der Waals surface area contributed by atoms with Gasteiger partial charge in [0.25, 0.3) is 5.91 Å². The maximum atomic E-state index is 12.6. The minimum atomic E-state index is -1.07. The molecule has 0 aliphatic heterocycles. The summed E-state index contributed by atoms with van der Waals surface area (Å²) in [5, 5.41) is 16.0. The first-order chi connectivity index (χ1) is 16.1. The van der Waals surface area contributed by atoms with Gasteiger partial charge in [-0.1, -0.05) is 54.9 Å². The van der Waals surface area contributed by atoms with Crippen LogP contribution in [0.25, 0.3) is 11.1 Å². The average Bonchev–Trinajstić information content (AvgIpc) is 2.79. The normalized spacial score (nSPS) is 12.6. The molecule has 0 radical (unpaired) electrons. The number of hydrogen-bond donors (Lipinski definition) is 3. The summed E-state index contributed by atoms with van der Waals surface area (Å²) in [6, 6.07) is 17.4. The van der Waals surface area contributed by atoms with E-state index in [0.29, 0.717) is 5.56 Å². The Labute approximate surface area is 206 Å². The quantitative estimate of drug-likeness (QED) is 0.336. The standard InChI is InChI=1S/C28H31ClN2O3/c1-6-25(21-10-11-24(29)16(2)12-21)31-23-9-7-8-20(15-23)22-13-17(3)26(18(4)14-22)27(32)30-19(5)28(33)34/h7-15,19,25,31H,6H2,1-5H3,(H,30,32)(H,33,34). The highest BCUT2D eigenvalue weighted by Crippen LogP contribution is 2.30. The Morgan fingerprint density at radius 3 is 2.21 bits per heavy atom. The maximum Gasteiger partial charge on any atom is 0.325 e. The zero-order valence-electron chi connectivity index (χ0n) is 20.2. The molecule has 3 rings (SSSR count). The van der Waals surface area contributed by atoms with Gasteiger partial charge in [-0.25, -0.2) is 0 Å². The SMILES string of the molecule is CCC(Nc1cccc(-c2cc(C)c(C(=O)NC(C)C(=O)O)c(C)c2)c1)c1ccc(Cl)c(C)c1. The molecule has 0 aliphatic carbocycles. The molecule has 3 aromatic carbocycles. The van der Waals surface area contributed by atoms with Crippen molar-refractivity contribution < 1.29 is 14.7 Å². The van der Waals surface area contributed by atoms with E-state index in [1.165, 1.54) is 12.5 Å². The lowest BCUT2D eigenvalue weighted by molar-refractivity contribution is -0.138. The average molecular weight is 479 g/mol. The van der Waals surface area contributed by atoms with E-state index in [1.54, 1.807) is 0 Å². The molecule has 0 bridgehead atoms. The number of hydrogen-bond acceptors (Lipinski definition) is 3. The Hall–Kier alpha value is -3.31. The van der Waals surface area contributed by atoms with Gasteiger partial charge in [-0.05, 0) is 85.7 Å². The van der Waals surface area contributed by atoms with Crippen molar-refractivity contribution in [3.8, 4) is 11.1 Å². The number of carboxylic acid groups (broad SMARTS) is 1. The summed E-state index contributed by atoms with van der Waals surface area (Å²) >= 11 is 6.20. The lowest BCUT2D eigenvalue weighted by atomic mass is 9.94. The van der Waals surface area contributed by atoms with Crippen molar-refractivity contribution in [2.45, 2.75) is 53.1 Å². The highest BCUT2D eigenvalue weighted by Gasteiger charge is 2.19. The van der Waals surface area contributed by atoms with E-state index in [1.807, 2.05) is 57.2 Å². The molecular formula is C28H31ClN2O3. The molecule has 0 saturated carbocycles. The van der Waals surface area contributed by atoms with Gasteiger partial charge < -0.3 is 15.7 Å². The highest BCUT2D eigenvalue weighted by molar-refractivity contribution is 6.31. The van der Waals surface area contributed by atoms with Crippen LogP contribution in [-0.2, 0) is 4.79 Å². The fraction of sp³-hybridized carbons (Fsp3) is 0.286. The van der Waals surface area contributed by atoms with Crippen LogP contribution >= 0.6 is 11.6 Å². The monoisotopic (exact) mass is 478 g/mol. The van der Waals surface area contributed by atoms with Gasteiger partial charge in [0.1, 0.15) is 6.04 Å². The number of benzene rings is 3. The van der Waals surface area contributed by atoms with Crippen molar-refractivity contribution in [3.63, 3.8) is 0 Å². The van der Waals surface area contributed by atoms with Crippen LogP contribution in [0.4, 0.5) is 5.69 Å². The number of carbonyl (C=O) groups excluding carboxylic acids is 1. The van der Waals surface area contributed by atoms with Gasteiger partial charge >= 0.3 is 5.97 Å². The van der Waals surface area contributed by atoms with Crippen LogP contribution in [0.1, 0.15) is 58.9 Å². The second kappa shape index (κ2) is 10.7. The minimum absolute atomic E-state index is 0.150. The summed E-state index contributed by atoms with van der Waals surface area (Å²) < 4.78 is 0. The summed E-state index contributed by atoms with van der Waals surface area (Å²) in [6.45, 7) is 9.35. The third-order valence-corrected chi connectivity index (χ3v) is 6.43. The van der Waals surface area contributed by atoms with E-state index in [0.717, 1.165) is 44.9 Å². The number of carboxylic acids is 1. The molecular weight excluding hydrogens is 448 g/mol. The smallest absolute Gasteiger partial charge is 0.325 e. The zero-order chi connectivity index (χ0) is 25.0. The van der Waals surface area contributed by atoms with Gasteiger partial charge in [-0.15, -0.1) is 0 Å². The predicted octanol–water partition coefficient (Wildman–Crippen LogP) is 6.70. The number of anilines is 1. The fourth-order valence-corrected chi connectivity index (χ4v) is 4.23. The first kappa shape index (κ1) is 25.3. The molecule has 0 heterocycles. The molecule has 3 N–H and O–H groups in total. The topological polar surface area (TPSA) is 78.4 Å². The van der Waals surface area contributed by atoms with E-state index >= 15 is 0 Å². The highest BCUT2D eigenvalue weighted by atomic mass is 35.5. The molecule has 0 saturated heterocycles. The molecule has 0 aromatic heterocycles. The summed E-state index contributed by atoms with van der Waals surface area (Å²) in [5.41, 5.74) is 7.38. The second-order valence-electron chi connectivity index (χ2n) is 8.71. The van der Waals surface area contributed by atoms with E-state index in [-0.39, 0.29) is 11.9 Å². The van der Waals surface area contributed by atoms with Gasteiger partial charge in [0.15, 0.2) is 0 Å². The van der Waals surface area contributed by atoms with Crippen LogP contribution in [-0.4, -0.2) is 23.0 Å². The number of rotatable bonds is 8. The Bertz CT molecular complexity index is 1200. The summed E-state index contributed by atoms with van der Waals surface area (Å²) in [5.74, 6) is -1.44. The summed E-state index contributed by atoms with van der Waals surface area (Å²) in [7, 11) is 0. The third kappa shape index (κ3) is 5.78. The van der Waals surface area contributed by atoms with Crippen LogP contribution < -0.4 is 10.6 Å². The van der Waals surface area contributed by atoms with Crippen LogP contribution in [0.2, 0.25) is 5.02 Å². The molecule has 0 spiro atoms. The van der Waals surface area contributed by atoms with Crippen molar-refractivity contribution in [1.82, 2.24) is 5.32 Å². The Balaban J connectivity index is 1.86. The first-order valence-corrected chi connectivity index (χ1v) is 11.8. The number of halogens is 1. The third-order valence-electron chi connectivity index (χ3n) is 6.01. The molecule has 0 fully saturated rings. The van der Waals surface area contributed by atoms with Crippen molar-refractivity contribution in [3.05, 3.63) is 87.4 Å². The number of amides is 1. The molecule has 5 nitrogen and oxygen atoms in total. The van der Waals surface area contributed by atoms with Crippen molar-refractivity contribution in [2.75, 3.05) is 5.32 Å². The Morgan fingerprint density at radius 1 is 0.941 bits per heavy atom. The fourth-order valence-electron chi connectivity index (χ4n) is 4.11. The molecule has 2 unspecified atom stereocenters. The molecule has 1 amide bonds. The van der Waals surface area contributed by atoms with Gasteiger partial charge in [0, 0.05) is 16.3 Å². The maximum absolute atomic E-state index is 12.6. The lowest BCUT2D eigenvalue weighted by Crippen LogP contribution is -2.38. The van der Waals surface area contributed by atoms with Gasteiger partial charge in [-0.2, -0.15) is 0 Å². The van der Waals surface area contributed by atoms with E-state index < -0.39 is 12.0 Å². The Morgan fingerprint density at radius 2 is 1.62 bits per heavy atom. The largest absolute Gasteiger partial charge is 0.480 e. The second-order valence-corrected chi connectivity index (χ2v) is 9.12. The molecule has 34 heavy (non-hydrogen) atoms. The van der Waals surface area contributed by atoms with Gasteiger partial charge in [0.05, 0.1) is 6.04 Å². The lowest BCUT2D eigenvalue weighted by Gasteiger charge is -2.20. The van der Waals surface area contributed by atoms with Crippen LogP contribution in [0.15, 0.2) is 54.6 Å². The van der Waals surface area contributed by atoms with Gasteiger partial charge in [-0.3, -0.25) is 9.59 Å². The van der Waals surface area contributed by atoms with E-state index in [2.05, 4.69) is 35.8 Å². The number of nitrogens with one attached hydrogen (secondary N) is 2. The number of carbonyl (C=O) groups is 2. The molecule has 0 aliphatic rings. The molecule has 2 atom stereocenters. The van der Waals surface area contributed by atoms with E-state index in [4.69, 9.17) is 16.7 Å². The van der Waals surface area contributed by atoms with Crippen molar-refractivity contribution in [2.24, 2.45) is 0 Å². The van der Waals surface area contributed by atoms with Crippen LogP contribution in [0.5, 0.6) is 0 Å². The van der Waals surface area contributed by atoms with Crippen LogP contribution in [0, 0.1) is 20.8 Å². The first-order valence-electron chi connectivity index (χ1n) is 11.4. The molecule has 3 aromatic rings. The summed E-state index contributed by atoms with van der Waals surface area (Å²) in [4.78, 5) is 23.7.